The highest BCUT2D eigenvalue weighted by Crippen LogP contribution is 2.29. The first-order chi connectivity index (χ1) is 11.5. The number of carbonyl (C=O) groups excluding carboxylic acids is 1. The molecule has 2 heterocycles. The average molecular weight is 341 g/mol. The van der Waals surface area contributed by atoms with Gasteiger partial charge in [0.15, 0.2) is 5.11 Å². The number of nitrogens with one attached hydrogen (secondary N) is 3. The zero-order chi connectivity index (χ0) is 17.3. The molecule has 124 valence electrons. The largest absolute Gasteiger partial charge is 0.351 e. The van der Waals surface area contributed by atoms with Crippen LogP contribution < -0.4 is 16.0 Å². The van der Waals surface area contributed by atoms with Crippen molar-refractivity contribution < 1.29 is 4.79 Å². The minimum absolute atomic E-state index is 0.172. The molecule has 1 unspecified atom stereocenters. The van der Waals surface area contributed by atoms with E-state index in [0.29, 0.717) is 10.7 Å². The smallest absolute Gasteiger partial charge is 0.255 e. The summed E-state index contributed by atoms with van der Waals surface area (Å²) in [6.07, 6.45) is 1.77. The van der Waals surface area contributed by atoms with Gasteiger partial charge in [0.05, 0.1) is 17.8 Å². The summed E-state index contributed by atoms with van der Waals surface area (Å²) in [6.45, 7) is 3.82. The first-order valence-corrected chi connectivity index (χ1v) is 8.01. The zero-order valence-electron chi connectivity index (χ0n) is 13.8. The molecule has 1 aliphatic rings. The van der Waals surface area contributed by atoms with Crippen LogP contribution in [-0.2, 0) is 11.8 Å². The van der Waals surface area contributed by atoms with Gasteiger partial charge in [0, 0.05) is 29.7 Å². The van der Waals surface area contributed by atoms with Gasteiger partial charge in [-0.25, -0.2) is 0 Å². The van der Waals surface area contributed by atoms with Gasteiger partial charge >= 0.3 is 0 Å². The van der Waals surface area contributed by atoms with E-state index in [2.05, 4.69) is 21.0 Å². The third-order valence-corrected chi connectivity index (χ3v) is 4.35. The van der Waals surface area contributed by atoms with Gasteiger partial charge in [-0.05, 0) is 38.2 Å². The normalized spacial score (nSPS) is 17.3. The molecule has 0 spiro atoms. The van der Waals surface area contributed by atoms with Gasteiger partial charge in [0.1, 0.15) is 0 Å². The van der Waals surface area contributed by atoms with Gasteiger partial charge in [0.25, 0.3) is 5.91 Å². The number of thiocarbonyl (C=S) groups is 1. The molecule has 3 rings (SSSR count). The van der Waals surface area contributed by atoms with E-state index in [1.807, 2.05) is 51.2 Å². The first-order valence-electron chi connectivity index (χ1n) is 7.60. The lowest BCUT2D eigenvalue weighted by molar-refractivity contribution is -0.113. The van der Waals surface area contributed by atoms with Crippen LogP contribution in [0, 0.1) is 6.92 Å². The lowest BCUT2D eigenvalue weighted by Gasteiger charge is -2.30. The van der Waals surface area contributed by atoms with E-state index in [9.17, 15) is 4.79 Å². The van der Waals surface area contributed by atoms with Gasteiger partial charge in [0.2, 0.25) is 0 Å². The van der Waals surface area contributed by atoms with Gasteiger partial charge < -0.3 is 16.0 Å². The molecule has 1 atom stereocenters. The first kappa shape index (κ1) is 16.2. The van der Waals surface area contributed by atoms with Crippen LogP contribution in [-0.4, -0.2) is 20.8 Å². The summed E-state index contributed by atoms with van der Waals surface area (Å²) in [5, 5.41) is 13.9. The number of benzene rings is 1. The number of nitrogens with zero attached hydrogens (tertiary/aromatic N) is 2. The maximum atomic E-state index is 12.9. The molecule has 1 aliphatic heterocycles. The Kier molecular flexibility index (Phi) is 4.35. The Balaban J connectivity index is 1.98. The Morgan fingerprint density at radius 2 is 2.00 bits per heavy atom. The molecule has 1 amide bonds. The number of carbonyl (C=O) groups is 1. The Labute approximate surface area is 145 Å². The molecule has 0 saturated carbocycles. The second kappa shape index (κ2) is 6.45. The molecule has 24 heavy (non-hydrogen) atoms. The van der Waals surface area contributed by atoms with Crippen molar-refractivity contribution in [3.8, 4) is 0 Å². The number of rotatable bonds is 3. The Hall–Kier alpha value is -2.67. The van der Waals surface area contributed by atoms with E-state index in [-0.39, 0.29) is 11.9 Å². The zero-order valence-corrected chi connectivity index (χ0v) is 14.6. The minimum Gasteiger partial charge on any atom is -0.351 e. The van der Waals surface area contributed by atoms with Crippen LogP contribution >= 0.6 is 12.2 Å². The molecular weight excluding hydrogens is 322 g/mol. The quantitative estimate of drug-likeness (QED) is 0.747. The predicted molar refractivity (Wildman–Crippen MR) is 97.3 cm³/mol. The third kappa shape index (κ3) is 3.03. The van der Waals surface area contributed by atoms with E-state index in [1.165, 1.54) is 0 Å². The molecule has 1 aromatic heterocycles. The monoisotopic (exact) mass is 341 g/mol. The Morgan fingerprint density at radius 3 is 2.62 bits per heavy atom. The van der Waals surface area contributed by atoms with Crippen LogP contribution in [0.1, 0.15) is 24.2 Å². The van der Waals surface area contributed by atoms with Gasteiger partial charge in [-0.3, -0.25) is 9.48 Å². The van der Waals surface area contributed by atoms with E-state index in [1.54, 1.807) is 10.9 Å². The van der Waals surface area contributed by atoms with E-state index < -0.39 is 0 Å². The van der Waals surface area contributed by atoms with Crippen molar-refractivity contribution in [3.63, 3.8) is 0 Å². The minimum atomic E-state index is -0.337. The number of anilines is 1. The van der Waals surface area contributed by atoms with Crippen molar-refractivity contribution in [3.05, 3.63) is 59.1 Å². The molecular formula is C17H19N5OS. The number of para-hydroxylation sites is 1. The van der Waals surface area contributed by atoms with E-state index in [0.717, 1.165) is 22.6 Å². The van der Waals surface area contributed by atoms with Gasteiger partial charge in [-0.1, -0.05) is 18.2 Å². The van der Waals surface area contributed by atoms with Crippen LogP contribution in [0.4, 0.5) is 5.69 Å². The van der Waals surface area contributed by atoms with E-state index >= 15 is 0 Å². The standard InChI is InChI=1S/C17H19N5OS/c1-10-14(16(23)20-12-7-5-4-6-8-12)15(21-17(24)19-10)13-9-18-22(3)11(13)2/h4-9,15H,1-3H3,(H,20,23)(H2,19,21,24). The second-order valence-electron chi connectivity index (χ2n) is 5.70. The fourth-order valence-corrected chi connectivity index (χ4v) is 3.02. The number of aryl methyl sites for hydroxylation is 1. The van der Waals surface area contributed by atoms with Crippen molar-refractivity contribution in [2.75, 3.05) is 5.32 Å². The van der Waals surface area contributed by atoms with Crippen molar-refractivity contribution in [2.24, 2.45) is 7.05 Å². The highest BCUT2D eigenvalue weighted by atomic mass is 32.1. The molecule has 0 saturated heterocycles. The molecule has 6 nitrogen and oxygen atoms in total. The summed E-state index contributed by atoms with van der Waals surface area (Å²) in [5.74, 6) is -0.172. The van der Waals surface area contributed by atoms with Crippen LogP contribution in [0.3, 0.4) is 0 Å². The fraction of sp³-hybridized carbons (Fsp3) is 0.235. The molecule has 7 heteroatoms. The number of hydrogen-bond acceptors (Lipinski definition) is 3. The molecule has 0 radical (unpaired) electrons. The topological polar surface area (TPSA) is 71.0 Å². The predicted octanol–water partition coefficient (Wildman–Crippen LogP) is 2.16. The molecule has 2 aromatic rings. The number of amides is 1. The highest BCUT2D eigenvalue weighted by Gasteiger charge is 2.31. The molecule has 3 N–H and O–H groups in total. The summed E-state index contributed by atoms with van der Waals surface area (Å²) in [4.78, 5) is 12.9. The summed E-state index contributed by atoms with van der Waals surface area (Å²) in [5.41, 5.74) is 4.00. The number of aromatic nitrogens is 2. The summed E-state index contributed by atoms with van der Waals surface area (Å²) in [6, 6.07) is 9.04. The Bertz CT molecular complexity index is 825. The van der Waals surface area contributed by atoms with Crippen LogP contribution in [0.5, 0.6) is 0 Å². The molecule has 1 aromatic carbocycles. The van der Waals surface area contributed by atoms with Gasteiger partial charge in [-0.2, -0.15) is 5.10 Å². The lowest BCUT2D eigenvalue weighted by atomic mass is 9.95. The number of allylic oxidation sites excluding steroid dienone is 1. The van der Waals surface area contributed by atoms with Crippen molar-refractivity contribution >= 4 is 28.9 Å². The van der Waals surface area contributed by atoms with Gasteiger partial charge in [-0.15, -0.1) is 0 Å². The lowest BCUT2D eigenvalue weighted by Crippen LogP contribution is -2.45. The van der Waals surface area contributed by atoms with Crippen molar-refractivity contribution in [1.82, 2.24) is 20.4 Å². The molecule has 0 fully saturated rings. The summed E-state index contributed by atoms with van der Waals surface area (Å²) >= 11 is 5.26. The van der Waals surface area contributed by atoms with Crippen LogP contribution in [0.15, 0.2) is 47.8 Å². The van der Waals surface area contributed by atoms with Crippen molar-refractivity contribution in [2.45, 2.75) is 19.9 Å². The van der Waals surface area contributed by atoms with Crippen molar-refractivity contribution in [1.29, 1.82) is 0 Å². The van der Waals surface area contributed by atoms with Crippen LogP contribution in [0.2, 0.25) is 0 Å². The third-order valence-electron chi connectivity index (χ3n) is 4.13. The number of hydrogen-bond donors (Lipinski definition) is 3. The summed E-state index contributed by atoms with van der Waals surface area (Å²) in [7, 11) is 1.87. The SMILES string of the molecule is CC1=C(C(=O)Nc2ccccc2)C(c2cnn(C)c2C)NC(=S)N1. The molecule has 0 bridgehead atoms. The fourth-order valence-electron chi connectivity index (χ4n) is 2.75. The maximum absolute atomic E-state index is 12.9. The van der Waals surface area contributed by atoms with Crippen LogP contribution in [0.25, 0.3) is 0 Å². The molecule has 0 aliphatic carbocycles. The Morgan fingerprint density at radius 1 is 1.29 bits per heavy atom. The van der Waals surface area contributed by atoms with E-state index in [4.69, 9.17) is 12.2 Å². The highest BCUT2D eigenvalue weighted by molar-refractivity contribution is 7.80. The average Bonchev–Trinajstić information content (AvgIpc) is 2.87. The second-order valence-corrected chi connectivity index (χ2v) is 6.11. The summed E-state index contributed by atoms with van der Waals surface area (Å²) < 4.78 is 1.78. The maximum Gasteiger partial charge on any atom is 0.255 e.